The van der Waals surface area contributed by atoms with Crippen molar-refractivity contribution in [1.82, 2.24) is 14.1 Å². The standard InChI is InChI=1S/C9H15ClN4O2S.ClH/c1-13-9(8(10)6-12-13)17(15,16)14-4-2-3-7(14)5-11;/h6-7H,2-5,11H2,1H3;1H. The average Bonchev–Trinajstić information content (AvgIpc) is 2.85. The van der Waals surface area contributed by atoms with Gasteiger partial charge in [0.15, 0.2) is 5.03 Å². The quantitative estimate of drug-likeness (QED) is 0.886. The molecule has 2 rings (SSSR count). The van der Waals surface area contributed by atoms with Crippen LogP contribution in [0, 0.1) is 0 Å². The first-order valence-electron chi connectivity index (χ1n) is 5.38. The lowest BCUT2D eigenvalue weighted by molar-refractivity contribution is 0.388. The van der Waals surface area contributed by atoms with Gasteiger partial charge in [-0.15, -0.1) is 12.4 Å². The number of nitrogens with zero attached hydrogens (tertiary/aromatic N) is 3. The zero-order chi connectivity index (χ0) is 12.6. The van der Waals surface area contributed by atoms with E-state index in [4.69, 9.17) is 17.3 Å². The largest absolute Gasteiger partial charge is 0.329 e. The summed E-state index contributed by atoms with van der Waals surface area (Å²) in [6.07, 6.45) is 2.96. The summed E-state index contributed by atoms with van der Waals surface area (Å²) in [5.41, 5.74) is 5.59. The number of aryl methyl sites for hydroxylation is 1. The lowest BCUT2D eigenvalue weighted by Gasteiger charge is -2.22. The van der Waals surface area contributed by atoms with Crippen LogP contribution >= 0.6 is 24.0 Å². The van der Waals surface area contributed by atoms with Crippen molar-refractivity contribution in [1.29, 1.82) is 0 Å². The molecule has 1 saturated heterocycles. The highest BCUT2D eigenvalue weighted by atomic mass is 35.5. The second-order valence-electron chi connectivity index (χ2n) is 4.07. The monoisotopic (exact) mass is 314 g/mol. The molecule has 2 N–H and O–H groups in total. The number of rotatable bonds is 3. The van der Waals surface area contributed by atoms with Crippen LogP contribution in [-0.2, 0) is 17.1 Å². The van der Waals surface area contributed by atoms with Gasteiger partial charge in [-0.2, -0.15) is 9.40 Å². The Morgan fingerprint density at radius 3 is 2.78 bits per heavy atom. The lowest BCUT2D eigenvalue weighted by Crippen LogP contribution is -2.40. The molecule has 0 aliphatic carbocycles. The minimum Gasteiger partial charge on any atom is -0.329 e. The SMILES string of the molecule is Cl.Cn1ncc(Cl)c1S(=O)(=O)N1CCCC1CN. The number of nitrogens with two attached hydrogens (primary N) is 1. The van der Waals surface area contributed by atoms with Gasteiger partial charge >= 0.3 is 0 Å². The van der Waals surface area contributed by atoms with E-state index in [1.165, 1.54) is 15.2 Å². The molecule has 0 bridgehead atoms. The van der Waals surface area contributed by atoms with Crippen molar-refractivity contribution in [3.63, 3.8) is 0 Å². The molecular weight excluding hydrogens is 299 g/mol. The number of aromatic nitrogens is 2. The van der Waals surface area contributed by atoms with E-state index in [0.717, 1.165) is 12.8 Å². The van der Waals surface area contributed by atoms with Crippen molar-refractivity contribution in [3.05, 3.63) is 11.2 Å². The van der Waals surface area contributed by atoms with E-state index in [1.807, 2.05) is 0 Å². The van der Waals surface area contributed by atoms with E-state index in [1.54, 1.807) is 7.05 Å². The molecule has 1 aromatic heterocycles. The van der Waals surface area contributed by atoms with Crippen LogP contribution in [0.3, 0.4) is 0 Å². The molecule has 1 aliphatic rings. The fraction of sp³-hybridized carbons (Fsp3) is 0.667. The van der Waals surface area contributed by atoms with E-state index in [9.17, 15) is 8.42 Å². The van der Waals surface area contributed by atoms with Gasteiger partial charge < -0.3 is 5.73 Å². The Hall–Kier alpha value is -0.340. The Morgan fingerprint density at radius 1 is 1.61 bits per heavy atom. The molecule has 1 unspecified atom stereocenters. The van der Waals surface area contributed by atoms with E-state index < -0.39 is 10.0 Å². The van der Waals surface area contributed by atoms with Gasteiger partial charge in [-0.3, -0.25) is 4.68 Å². The van der Waals surface area contributed by atoms with Gasteiger partial charge in [0, 0.05) is 26.2 Å². The third-order valence-corrected chi connectivity index (χ3v) is 5.45. The van der Waals surface area contributed by atoms with Crippen molar-refractivity contribution in [2.45, 2.75) is 23.9 Å². The molecule has 6 nitrogen and oxygen atoms in total. The van der Waals surface area contributed by atoms with Crippen LogP contribution in [0.15, 0.2) is 11.2 Å². The minimum atomic E-state index is -3.60. The lowest BCUT2D eigenvalue weighted by atomic mass is 10.2. The number of halogens is 2. The predicted molar refractivity (Wildman–Crippen MR) is 71.4 cm³/mol. The van der Waals surface area contributed by atoms with E-state index in [0.29, 0.717) is 13.1 Å². The summed E-state index contributed by atoms with van der Waals surface area (Å²) in [6.45, 7) is 0.820. The van der Waals surface area contributed by atoms with Gasteiger partial charge in [-0.25, -0.2) is 8.42 Å². The number of sulfonamides is 1. The van der Waals surface area contributed by atoms with Gasteiger partial charge in [-0.05, 0) is 12.8 Å². The van der Waals surface area contributed by atoms with Gasteiger partial charge in [0.1, 0.15) is 0 Å². The molecule has 1 aromatic rings. The summed E-state index contributed by atoms with van der Waals surface area (Å²) >= 11 is 5.88. The topological polar surface area (TPSA) is 81.2 Å². The second kappa shape index (κ2) is 5.75. The summed E-state index contributed by atoms with van der Waals surface area (Å²) in [5.74, 6) is 0. The number of hydrogen-bond acceptors (Lipinski definition) is 4. The molecule has 0 amide bonds. The summed E-state index contributed by atoms with van der Waals surface area (Å²) in [7, 11) is -2.03. The van der Waals surface area contributed by atoms with E-state index >= 15 is 0 Å². The van der Waals surface area contributed by atoms with Crippen molar-refractivity contribution >= 4 is 34.0 Å². The molecule has 18 heavy (non-hydrogen) atoms. The van der Waals surface area contributed by atoms with Crippen LogP contribution in [0.2, 0.25) is 5.02 Å². The van der Waals surface area contributed by atoms with Crippen molar-refractivity contribution in [2.24, 2.45) is 12.8 Å². The summed E-state index contributed by atoms with van der Waals surface area (Å²) < 4.78 is 27.6. The third-order valence-electron chi connectivity index (χ3n) is 2.99. The summed E-state index contributed by atoms with van der Waals surface area (Å²) in [6, 6.07) is -0.133. The second-order valence-corrected chi connectivity index (χ2v) is 6.28. The fourth-order valence-electron chi connectivity index (χ4n) is 2.16. The smallest absolute Gasteiger partial charge is 0.262 e. The Morgan fingerprint density at radius 2 is 2.28 bits per heavy atom. The maximum Gasteiger partial charge on any atom is 0.262 e. The molecule has 2 heterocycles. The highest BCUT2D eigenvalue weighted by Gasteiger charge is 2.37. The molecule has 9 heteroatoms. The molecule has 1 atom stereocenters. The Labute approximate surface area is 118 Å². The maximum atomic E-state index is 12.4. The normalized spacial score (nSPS) is 20.9. The fourth-order valence-corrected chi connectivity index (χ4v) is 4.48. The highest BCUT2D eigenvalue weighted by molar-refractivity contribution is 7.89. The van der Waals surface area contributed by atoms with Crippen molar-refractivity contribution in [2.75, 3.05) is 13.1 Å². The summed E-state index contributed by atoms with van der Waals surface area (Å²) in [5, 5.41) is 4.04. The first-order chi connectivity index (χ1) is 7.98. The molecule has 0 radical (unpaired) electrons. The van der Waals surface area contributed by atoms with Gasteiger partial charge in [0.05, 0.1) is 11.2 Å². The van der Waals surface area contributed by atoms with Crippen molar-refractivity contribution in [3.8, 4) is 0 Å². The van der Waals surface area contributed by atoms with Crippen LogP contribution in [0.25, 0.3) is 0 Å². The van der Waals surface area contributed by atoms with Gasteiger partial charge in [0.2, 0.25) is 0 Å². The van der Waals surface area contributed by atoms with Gasteiger partial charge in [-0.1, -0.05) is 11.6 Å². The predicted octanol–water partition coefficient (Wildman–Crippen LogP) is 0.607. The zero-order valence-corrected chi connectivity index (χ0v) is 12.3. The molecular formula is C9H16Cl2N4O2S. The third kappa shape index (κ3) is 2.50. The molecule has 104 valence electrons. The summed E-state index contributed by atoms with van der Waals surface area (Å²) in [4.78, 5) is 0. The first-order valence-corrected chi connectivity index (χ1v) is 7.19. The minimum absolute atomic E-state index is 0. The van der Waals surface area contributed by atoms with E-state index in [2.05, 4.69) is 5.10 Å². The Balaban J connectivity index is 0.00000162. The van der Waals surface area contributed by atoms with Crippen LogP contribution in [0.4, 0.5) is 0 Å². The average molecular weight is 315 g/mol. The zero-order valence-electron chi connectivity index (χ0n) is 9.91. The highest BCUT2D eigenvalue weighted by Crippen LogP contribution is 2.29. The Kier molecular flexibility index (Phi) is 5.02. The van der Waals surface area contributed by atoms with Crippen LogP contribution < -0.4 is 5.73 Å². The van der Waals surface area contributed by atoms with Crippen molar-refractivity contribution < 1.29 is 8.42 Å². The Bertz CT molecular complexity index is 497. The molecule has 0 saturated carbocycles. The van der Waals surface area contributed by atoms with Gasteiger partial charge in [0.25, 0.3) is 10.0 Å². The van der Waals surface area contributed by atoms with Crippen LogP contribution in [0.5, 0.6) is 0 Å². The molecule has 1 aliphatic heterocycles. The molecule has 0 spiro atoms. The first kappa shape index (κ1) is 15.7. The van der Waals surface area contributed by atoms with E-state index in [-0.39, 0.29) is 28.5 Å². The van der Waals surface area contributed by atoms with Crippen LogP contribution in [0.1, 0.15) is 12.8 Å². The molecule has 0 aromatic carbocycles. The number of hydrogen-bond donors (Lipinski definition) is 1. The van der Waals surface area contributed by atoms with Crippen LogP contribution in [-0.4, -0.2) is 41.6 Å². The molecule has 1 fully saturated rings. The maximum absolute atomic E-state index is 12.4.